The second kappa shape index (κ2) is 7.61. The Labute approximate surface area is 167 Å². The van der Waals surface area contributed by atoms with E-state index in [0.717, 1.165) is 35.4 Å². The lowest BCUT2D eigenvalue weighted by Crippen LogP contribution is -2.37. The summed E-state index contributed by atoms with van der Waals surface area (Å²) in [7, 11) is 0. The zero-order chi connectivity index (χ0) is 19.6. The van der Waals surface area contributed by atoms with Crippen LogP contribution in [0.15, 0.2) is 42.9 Å². The van der Waals surface area contributed by atoms with Crippen LogP contribution in [0.5, 0.6) is 0 Å². The first-order chi connectivity index (χ1) is 14.3. The molecule has 0 aliphatic carbocycles. The number of nitrogens with zero attached hydrogens (tertiary/aromatic N) is 6. The smallest absolute Gasteiger partial charge is 0.240 e. The normalized spacial score (nSPS) is 14.6. The largest absolute Gasteiger partial charge is 0.378 e. The third-order valence-corrected chi connectivity index (χ3v) is 5.04. The quantitative estimate of drug-likeness (QED) is 0.532. The molecule has 9 heteroatoms. The summed E-state index contributed by atoms with van der Waals surface area (Å²) < 4.78 is 7.38. The van der Waals surface area contributed by atoms with E-state index in [1.165, 1.54) is 0 Å². The Morgan fingerprint density at radius 1 is 1.07 bits per heavy atom. The van der Waals surface area contributed by atoms with E-state index in [1.807, 2.05) is 41.2 Å². The summed E-state index contributed by atoms with van der Waals surface area (Å²) in [4.78, 5) is 24.2. The van der Waals surface area contributed by atoms with Gasteiger partial charge in [-0.1, -0.05) is 12.1 Å². The average Bonchev–Trinajstić information content (AvgIpc) is 3.43. The molecule has 4 heterocycles. The van der Waals surface area contributed by atoms with Gasteiger partial charge in [-0.25, -0.2) is 4.98 Å². The molecule has 148 valence electrons. The van der Waals surface area contributed by atoms with Gasteiger partial charge in [-0.2, -0.15) is 15.0 Å². The van der Waals surface area contributed by atoms with Crippen molar-refractivity contribution in [3.8, 4) is 17.3 Å². The van der Waals surface area contributed by atoms with Crippen LogP contribution in [0.2, 0.25) is 0 Å². The van der Waals surface area contributed by atoms with Crippen LogP contribution in [0.1, 0.15) is 5.82 Å². The van der Waals surface area contributed by atoms with Gasteiger partial charge in [0.05, 0.1) is 13.2 Å². The molecular weight excluding hydrogens is 368 g/mol. The number of rotatable bonds is 5. The van der Waals surface area contributed by atoms with E-state index >= 15 is 0 Å². The second-order valence-corrected chi connectivity index (χ2v) is 6.86. The monoisotopic (exact) mass is 390 g/mol. The molecule has 5 rings (SSSR count). The van der Waals surface area contributed by atoms with E-state index in [2.05, 4.69) is 14.9 Å². The average molecular weight is 390 g/mol. The minimum Gasteiger partial charge on any atom is -0.378 e. The summed E-state index contributed by atoms with van der Waals surface area (Å²) >= 11 is 0. The minimum atomic E-state index is 0.508. The summed E-state index contributed by atoms with van der Waals surface area (Å²) in [6.45, 7) is 3.32. The number of morpholine rings is 1. The Hall–Kier alpha value is -3.30. The van der Waals surface area contributed by atoms with Crippen molar-refractivity contribution in [2.24, 2.45) is 5.73 Å². The molecule has 0 atom stereocenters. The summed E-state index contributed by atoms with van der Waals surface area (Å²) in [5.74, 6) is 2.66. The molecule has 3 N–H and O–H groups in total. The molecule has 0 amide bonds. The molecule has 0 bridgehead atoms. The fourth-order valence-corrected chi connectivity index (χ4v) is 3.60. The summed E-state index contributed by atoms with van der Waals surface area (Å²) in [5, 5.41) is 1.07. The van der Waals surface area contributed by atoms with Gasteiger partial charge in [0.15, 0.2) is 5.82 Å². The summed E-state index contributed by atoms with van der Waals surface area (Å²) in [5.41, 5.74) is 7.76. The molecule has 0 spiro atoms. The first-order valence-corrected chi connectivity index (χ1v) is 9.71. The van der Waals surface area contributed by atoms with Gasteiger partial charge in [0.1, 0.15) is 5.82 Å². The van der Waals surface area contributed by atoms with E-state index in [9.17, 15) is 0 Å². The molecule has 1 aromatic carbocycles. The van der Waals surface area contributed by atoms with Crippen molar-refractivity contribution in [3.05, 3.63) is 48.7 Å². The predicted octanol–water partition coefficient (Wildman–Crippen LogP) is 1.54. The molecule has 1 aliphatic rings. The number of imidazole rings is 1. The van der Waals surface area contributed by atoms with Crippen LogP contribution in [0.4, 0.5) is 5.95 Å². The van der Waals surface area contributed by atoms with Crippen LogP contribution >= 0.6 is 0 Å². The first kappa shape index (κ1) is 17.8. The topological polar surface area (TPSA) is 111 Å². The number of hydrogen-bond donors (Lipinski definition) is 2. The highest BCUT2D eigenvalue weighted by molar-refractivity contribution is 5.93. The maximum atomic E-state index is 5.75. The van der Waals surface area contributed by atoms with E-state index < -0.39 is 0 Å². The van der Waals surface area contributed by atoms with Gasteiger partial charge in [0, 0.05) is 54.6 Å². The highest BCUT2D eigenvalue weighted by Crippen LogP contribution is 2.27. The molecular formula is C20H22N8O. The first-order valence-electron chi connectivity index (χ1n) is 9.71. The van der Waals surface area contributed by atoms with Crippen molar-refractivity contribution >= 4 is 16.9 Å². The lowest BCUT2D eigenvalue weighted by molar-refractivity contribution is 0.122. The Bertz CT molecular complexity index is 1130. The number of hydrogen-bond acceptors (Lipinski definition) is 7. The predicted molar refractivity (Wildman–Crippen MR) is 110 cm³/mol. The second-order valence-electron chi connectivity index (χ2n) is 6.86. The van der Waals surface area contributed by atoms with Gasteiger partial charge in [0.25, 0.3) is 0 Å². The lowest BCUT2D eigenvalue weighted by atomic mass is 10.1. The fourth-order valence-electron chi connectivity index (χ4n) is 3.60. The summed E-state index contributed by atoms with van der Waals surface area (Å²) in [6, 6.07) is 8.12. The van der Waals surface area contributed by atoms with Crippen LogP contribution in [0, 0.1) is 0 Å². The number of nitrogens with two attached hydrogens (primary N) is 1. The van der Waals surface area contributed by atoms with E-state index in [-0.39, 0.29) is 0 Å². The van der Waals surface area contributed by atoms with Crippen molar-refractivity contribution in [2.45, 2.75) is 6.42 Å². The van der Waals surface area contributed by atoms with Gasteiger partial charge in [-0.15, -0.1) is 0 Å². The Balaban J connectivity index is 1.68. The Morgan fingerprint density at radius 2 is 1.93 bits per heavy atom. The maximum absolute atomic E-state index is 5.75. The van der Waals surface area contributed by atoms with Crippen LogP contribution in [0.25, 0.3) is 28.2 Å². The van der Waals surface area contributed by atoms with Crippen molar-refractivity contribution in [3.63, 3.8) is 0 Å². The highest BCUT2D eigenvalue weighted by Gasteiger charge is 2.19. The van der Waals surface area contributed by atoms with E-state index in [4.69, 9.17) is 25.4 Å². The zero-order valence-electron chi connectivity index (χ0n) is 16.0. The zero-order valence-corrected chi connectivity index (χ0v) is 16.0. The number of nitrogens with one attached hydrogen (secondary N) is 1. The van der Waals surface area contributed by atoms with Crippen LogP contribution in [-0.4, -0.2) is 62.3 Å². The SMILES string of the molecule is NCCc1nccn1-c1nc(-c2cccc3[nH]ccc23)nc(N2CCOCC2)n1. The number of H-pyrrole nitrogens is 1. The number of aromatic nitrogens is 6. The molecule has 29 heavy (non-hydrogen) atoms. The van der Waals surface area contributed by atoms with Crippen LogP contribution in [-0.2, 0) is 11.2 Å². The number of ether oxygens (including phenoxy) is 1. The van der Waals surface area contributed by atoms with Gasteiger partial charge < -0.3 is 20.4 Å². The molecule has 1 aliphatic heterocycles. The van der Waals surface area contributed by atoms with E-state index in [1.54, 1.807) is 6.20 Å². The lowest BCUT2D eigenvalue weighted by Gasteiger charge is -2.27. The summed E-state index contributed by atoms with van der Waals surface area (Å²) in [6.07, 6.45) is 6.18. The fraction of sp³-hybridized carbons (Fsp3) is 0.300. The van der Waals surface area contributed by atoms with E-state index in [0.29, 0.717) is 43.9 Å². The third kappa shape index (κ3) is 3.34. The molecule has 0 unspecified atom stereocenters. The highest BCUT2D eigenvalue weighted by atomic mass is 16.5. The number of fused-ring (bicyclic) bond motifs is 1. The number of aromatic amines is 1. The van der Waals surface area contributed by atoms with Crippen molar-refractivity contribution in [1.29, 1.82) is 0 Å². The molecule has 9 nitrogen and oxygen atoms in total. The van der Waals surface area contributed by atoms with Crippen molar-refractivity contribution in [2.75, 3.05) is 37.7 Å². The maximum Gasteiger partial charge on any atom is 0.240 e. The minimum absolute atomic E-state index is 0.508. The van der Waals surface area contributed by atoms with Gasteiger partial charge in [0.2, 0.25) is 11.9 Å². The van der Waals surface area contributed by atoms with Gasteiger partial charge >= 0.3 is 0 Å². The van der Waals surface area contributed by atoms with Crippen LogP contribution in [0.3, 0.4) is 0 Å². The molecule has 0 radical (unpaired) electrons. The van der Waals surface area contributed by atoms with Gasteiger partial charge in [-0.3, -0.25) is 4.57 Å². The van der Waals surface area contributed by atoms with Crippen molar-refractivity contribution < 1.29 is 4.74 Å². The molecule has 0 saturated carbocycles. The standard InChI is InChI=1S/C20H22N8O/c21-6-4-17-23-8-9-28(17)20-25-18(15-2-1-3-16-14(15)5-7-22-16)24-19(26-20)27-10-12-29-13-11-27/h1-3,5,7-9,22H,4,6,10-13,21H2. The number of anilines is 1. The Kier molecular flexibility index (Phi) is 4.66. The molecule has 1 saturated heterocycles. The molecule has 1 fully saturated rings. The van der Waals surface area contributed by atoms with Gasteiger partial charge in [-0.05, 0) is 18.7 Å². The van der Waals surface area contributed by atoms with Crippen molar-refractivity contribution in [1.82, 2.24) is 29.5 Å². The third-order valence-electron chi connectivity index (χ3n) is 5.04. The molecule has 4 aromatic rings. The molecule has 3 aromatic heterocycles. The Morgan fingerprint density at radius 3 is 2.79 bits per heavy atom. The van der Waals surface area contributed by atoms with Crippen LogP contribution < -0.4 is 10.6 Å². The number of benzene rings is 1.